The van der Waals surface area contributed by atoms with Crippen LogP contribution < -0.4 is 0 Å². The topological polar surface area (TPSA) is 61.9 Å². The molecule has 1 amide bonds. The van der Waals surface area contributed by atoms with Gasteiger partial charge in [-0.3, -0.25) is 9.89 Å². The van der Waals surface area contributed by atoms with Crippen molar-refractivity contribution in [1.82, 2.24) is 20.1 Å². The van der Waals surface area contributed by atoms with Crippen LogP contribution in [0.2, 0.25) is 0 Å². The van der Waals surface area contributed by atoms with Crippen molar-refractivity contribution in [2.75, 3.05) is 7.05 Å². The molecule has 17 heavy (non-hydrogen) atoms. The van der Waals surface area contributed by atoms with E-state index >= 15 is 0 Å². The van der Waals surface area contributed by atoms with Gasteiger partial charge in [-0.1, -0.05) is 34.1 Å². The quantitative estimate of drug-likeness (QED) is 0.940. The number of hydrogen-bond acceptors (Lipinski definition) is 3. The first-order chi connectivity index (χ1) is 8.18. The van der Waals surface area contributed by atoms with E-state index in [1.54, 1.807) is 11.9 Å². The molecule has 2 rings (SSSR count). The zero-order chi connectivity index (χ0) is 12.3. The third-order valence-electron chi connectivity index (χ3n) is 2.33. The first-order valence-corrected chi connectivity index (χ1v) is 5.82. The van der Waals surface area contributed by atoms with Crippen molar-refractivity contribution in [2.45, 2.75) is 6.54 Å². The Hall–Kier alpha value is -1.69. The Bertz CT molecular complexity index is 512. The molecule has 1 heterocycles. The van der Waals surface area contributed by atoms with Crippen molar-refractivity contribution in [3.05, 3.63) is 46.5 Å². The molecule has 0 saturated heterocycles. The van der Waals surface area contributed by atoms with E-state index in [0.717, 1.165) is 10.0 Å². The molecule has 0 radical (unpaired) electrons. The maximum absolute atomic E-state index is 11.9. The fourth-order valence-electron chi connectivity index (χ4n) is 1.44. The lowest BCUT2D eigenvalue weighted by atomic mass is 10.2. The molecule has 0 atom stereocenters. The number of nitrogens with zero attached hydrogens (tertiary/aromatic N) is 3. The highest BCUT2D eigenvalue weighted by Crippen LogP contribution is 2.17. The Morgan fingerprint density at radius 3 is 2.88 bits per heavy atom. The predicted octanol–water partition coefficient (Wildman–Crippen LogP) is 1.84. The minimum absolute atomic E-state index is 0.182. The molecule has 1 N–H and O–H groups in total. The number of benzene rings is 1. The van der Waals surface area contributed by atoms with Gasteiger partial charge in [-0.2, -0.15) is 5.10 Å². The lowest BCUT2D eigenvalue weighted by Crippen LogP contribution is -2.27. The molecule has 0 unspecified atom stereocenters. The van der Waals surface area contributed by atoms with Crippen LogP contribution in [0.25, 0.3) is 0 Å². The zero-order valence-electron chi connectivity index (χ0n) is 9.22. The van der Waals surface area contributed by atoms with Crippen LogP contribution in [0.1, 0.15) is 16.2 Å². The van der Waals surface area contributed by atoms with Gasteiger partial charge in [0, 0.05) is 18.1 Å². The number of rotatable bonds is 3. The van der Waals surface area contributed by atoms with Crippen LogP contribution in [0.3, 0.4) is 0 Å². The number of H-pyrrole nitrogens is 1. The maximum atomic E-state index is 11.9. The van der Waals surface area contributed by atoms with E-state index in [-0.39, 0.29) is 11.7 Å². The lowest BCUT2D eigenvalue weighted by Gasteiger charge is -2.16. The van der Waals surface area contributed by atoms with Crippen molar-refractivity contribution in [3.8, 4) is 0 Å². The van der Waals surface area contributed by atoms with Crippen molar-refractivity contribution in [1.29, 1.82) is 0 Å². The summed E-state index contributed by atoms with van der Waals surface area (Å²) in [5.41, 5.74) is 1.04. The Morgan fingerprint density at radius 1 is 1.47 bits per heavy atom. The van der Waals surface area contributed by atoms with Gasteiger partial charge in [0.15, 0.2) is 0 Å². The minimum Gasteiger partial charge on any atom is -0.335 e. The summed E-state index contributed by atoms with van der Waals surface area (Å²) >= 11 is 3.45. The summed E-state index contributed by atoms with van der Waals surface area (Å²) < 4.78 is 0.984. The summed E-state index contributed by atoms with van der Waals surface area (Å²) in [7, 11) is 1.73. The molecule has 6 heteroatoms. The summed E-state index contributed by atoms with van der Waals surface area (Å²) in [6, 6.07) is 7.79. The van der Waals surface area contributed by atoms with Crippen molar-refractivity contribution in [3.63, 3.8) is 0 Å². The van der Waals surface area contributed by atoms with E-state index < -0.39 is 0 Å². The van der Waals surface area contributed by atoms with Crippen molar-refractivity contribution >= 4 is 21.8 Å². The van der Waals surface area contributed by atoms with Crippen molar-refractivity contribution in [2.24, 2.45) is 0 Å². The van der Waals surface area contributed by atoms with Crippen LogP contribution in [-0.2, 0) is 6.54 Å². The standard InChI is InChI=1S/C11H11BrN4O/c1-16(11(17)10-13-7-14-15-10)6-8-4-2-3-5-9(8)12/h2-5,7H,6H2,1H3,(H,13,14,15). The van der Waals surface area contributed by atoms with E-state index in [0.29, 0.717) is 6.54 Å². The highest BCUT2D eigenvalue weighted by atomic mass is 79.9. The molecule has 5 nitrogen and oxygen atoms in total. The summed E-state index contributed by atoms with van der Waals surface area (Å²) in [6.45, 7) is 0.515. The minimum atomic E-state index is -0.182. The zero-order valence-corrected chi connectivity index (χ0v) is 10.8. The highest BCUT2D eigenvalue weighted by molar-refractivity contribution is 9.10. The molecule has 0 bridgehead atoms. The largest absolute Gasteiger partial charge is 0.335 e. The van der Waals surface area contributed by atoms with Gasteiger partial charge in [0.1, 0.15) is 6.33 Å². The molecule has 2 aromatic rings. The van der Waals surface area contributed by atoms with Gasteiger partial charge in [0.2, 0.25) is 5.82 Å². The normalized spacial score (nSPS) is 10.2. The molecule has 0 fully saturated rings. The smallest absolute Gasteiger partial charge is 0.291 e. The molecule has 88 valence electrons. The van der Waals surface area contributed by atoms with E-state index in [1.807, 2.05) is 24.3 Å². The van der Waals surface area contributed by atoms with Gasteiger partial charge in [-0.15, -0.1) is 0 Å². The van der Waals surface area contributed by atoms with E-state index in [9.17, 15) is 4.79 Å². The fourth-order valence-corrected chi connectivity index (χ4v) is 1.85. The average Bonchev–Trinajstić information content (AvgIpc) is 2.84. The first-order valence-electron chi connectivity index (χ1n) is 5.02. The third-order valence-corrected chi connectivity index (χ3v) is 3.10. The average molecular weight is 295 g/mol. The summed E-state index contributed by atoms with van der Waals surface area (Å²) in [4.78, 5) is 17.3. The van der Waals surface area contributed by atoms with Gasteiger partial charge < -0.3 is 4.90 Å². The molecule has 0 spiro atoms. The molecule has 0 aliphatic rings. The molecular weight excluding hydrogens is 284 g/mol. The Labute approximate surface area is 107 Å². The van der Waals surface area contributed by atoms with Crippen LogP contribution in [0, 0.1) is 0 Å². The Balaban J connectivity index is 2.10. The van der Waals surface area contributed by atoms with E-state index in [2.05, 4.69) is 31.1 Å². The van der Waals surface area contributed by atoms with Crippen LogP contribution in [0.5, 0.6) is 0 Å². The number of aromatic amines is 1. The number of halogens is 1. The fraction of sp³-hybridized carbons (Fsp3) is 0.182. The second kappa shape index (κ2) is 5.09. The van der Waals surface area contributed by atoms with Crippen molar-refractivity contribution < 1.29 is 4.79 Å². The third kappa shape index (κ3) is 2.71. The number of carbonyl (C=O) groups is 1. The van der Waals surface area contributed by atoms with Gasteiger partial charge in [0.05, 0.1) is 0 Å². The molecular formula is C11H11BrN4O. The van der Waals surface area contributed by atoms with Gasteiger partial charge in [-0.25, -0.2) is 4.98 Å². The lowest BCUT2D eigenvalue weighted by molar-refractivity contribution is 0.0773. The molecule has 0 aliphatic carbocycles. The number of hydrogen-bond donors (Lipinski definition) is 1. The molecule has 0 saturated carbocycles. The monoisotopic (exact) mass is 294 g/mol. The van der Waals surface area contributed by atoms with Gasteiger partial charge in [0.25, 0.3) is 5.91 Å². The van der Waals surface area contributed by atoms with Gasteiger partial charge >= 0.3 is 0 Å². The van der Waals surface area contributed by atoms with Crippen LogP contribution in [-0.4, -0.2) is 33.0 Å². The number of carbonyl (C=O) groups excluding carboxylic acids is 1. The molecule has 1 aromatic heterocycles. The van der Waals surface area contributed by atoms with E-state index in [1.165, 1.54) is 6.33 Å². The van der Waals surface area contributed by atoms with Gasteiger partial charge in [-0.05, 0) is 11.6 Å². The number of amides is 1. The molecule has 1 aromatic carbocycles. The predicted molar refractivity (Wildman–Crippen MR) is 66.3 cm³/mol. The number of nitrogens with one attached hydrogen (secondary N) is 1. The summed E-state index contributed by atoms with van der Waals surface area (Å²) in [5.74, 6) is 0.0674. The Kier molecular flexibility index (Phi) is 3.53. The van der Waals surface area contributed by atoms with E-state index in [4.69, 9.17) is 0 Å². The SMILES string of the molecule is CN(Cc1ccccc1Br)C(=O)c1ncn[nH]1. The van der Waals surface area contributed by atoms with Crippen LogP contribution in [0.15, 0.2) is 35.1 Å². The summed E-state index contributed by atoms with van der Waals surface area (Å²) in [5, 5.41) is 6.21. The molecule has 0 aliphatic heterocycles. The maximum Gasteiger partial charge on any atom is 0.291 e. The second-order valence-electron chi connectivity index (χ2n) is 3.59. The summed E-state index contributed by atoms with van der Waals surface area (Å²) in [6.07, 6.45) is 1.32. The highest BCUT2D eigenvalue weighted by Gasteiger charge is 2.15. The Morgan fingerprint density at radius 2 is 2.24 bits per heavy atom. The first kappa shape index (κ1) is 11.8. The van der Waals surface area contributed by atoms with Crippen LogP contribution in [0.4, 0.5) is 0 Å². The van der Waals surface area contributed by atoms with Crippen LogP contribution >= 0.6 is 15.9 Å². The second-order valence-corrected chi connectivity index (χ2v) is 4.44. The number of aromatic nitrogens is 3.